The average molecular weight is 209 g/mol. The van der Waals surface area contributed by atoms with Crippen molar-refractivity contribution in [2.75, 3.05) is 13.1 Å². The molecule has 88 valence electrons. The van der Waals surface area contributed by atoms with Crippen LogP contribution < -0.4 is 5.32 Å². The fourth-order valence-electron chi connectivity index (χ4n) is 3.84. The summed E-state index contributed by atoms with van der Waals surface area (Å²) in [5.74, 6) is 0.918. The first-order valence-electron chi connectivity index (χ1n) is 6.77. The number of hydrogen-bond donors (Lipinski definition) is 1. The van der Waals surface area contributed by atoms with E-state index in [0.29, 0.717) is 10.8 Å². The summed E-state index contributed by atoms with van der Waals surface area (Å²) in [7, 11) is 0. The number of nitrogens with one attached hydrogen (secondary N) is 1. The van der Waals surface area contributed by atoms with E-state index in [0.717, 1.165) is 5.92 Å². The lowest BCUT2D eigenvalue weighted by Gasteiger charge is -2.54. The molecule has 1 aliphatic carbocycles. The minimum absolute atomic E-state index is 0.551. The maximum absolute atomic E-state index is 3.60. The molecular formula is C14H27N. The highest BCUT2D eigenvalue weighted by molar-refractivity contribution is 4.98. The van der Waals surface area contributed by atoms with E-state index in [1.54, 1.807) is 0 Å². The zero-order chi connectivity index (χ0) is 10.9. The van der Waals surface area contributed by atoms with Crippen molar-refractivity contribution in [1.82, 2.24) is 5.32 Å². The predicted octanol–water partition coefficient (Wildman–Crippen LogP) is 3.59. The molecule has 0 amide bonds. The number of rotatable bonds is 1. The van der Waals surface area contributed by atoms with Crippen LogP contribution >= 0.6 is 0 Å². The van der Waals surface area contributed by atoms with Gasteiger partial charge in [0, 0.05) is 0 Å². The summed E-state index contributed by atoms with van der Waals surface area (Å²) >= 11 is 0. The summed E-state index contributed by atoms with van der Waals surface area (Å²) < 4.78 is 0. The second-order valence-corrected chi connectivity index (χ2v) is 6.55. The van der Waals surface area contributed by atoms with Crippen LogP contribution in [0.2, 0.25) is 0 Å². The molecular weight excluding hydrogens is 182 g/mol. The van der Waals surface area contributed by atoms with Crippen molar-refractivity contribution in [3.8, 4) is 0 Å². The Kier molecular flexibility index (Phi) is 3.12. The highest BCUT2D eigenvalue weighted by atomic mass is 14.9. The minimum atomic E-state index is 0.551. The molecule has 1 heteroatoms. The van der Waals surface area contributed by atoms with Crippen molar-refractivity contribution in [2.24, 2.45) is 16.7 Å². The molecule has 1 aliphatic heterocycles. The molecule has 1 saturated carbocycles. The smallest absolute Gasteiger partial charge is 0.00151 e. The van der Waals surface area contributed by atoms with Crippen molar-refractivity contribution in [3.63, 3.8) is 0 Å². The Morgan fingerprint density at radius 2 is 1.73 bits per heavy atom. The zero-order valence-electron chi connectivity index (χ0n) is 10.7. The predicted molar refractivity (Wildman–Crippen MR) is 65.9 cm³/mol. The Bertz CT molecular complexity index is 215. The molecule has 0 aromatic carbocycles. The van der Waals surface area contributed by atoms with Crippen molar-refractivity contribution < 1.29 is 0 Å². The Labute approximate surface area is 95.0 Å². The van der Waals surface area contributed by atoms with Crippen molar-refractivity contribution in [1.29, 1.82) is 0 Å². The van der Waals surface area contributed by atoms with E-state index >= 15 is 0 Å². The van der Waals surface area contributed by atoms with Gasteiger partial charge in [-0.15, -0.1) is 0 Å². The van der Waals surface area contributed by atoms with Crippen LogP contribution in [0.1, 0.15) is 59.3 Å². The third-order valence-corrected chi connectivity index (χ3v) is 5.49. The van der Waals surface area contributed by atoms with Crippen LogP contribution in [0.3, 0.4) is 0 Å². The van der Waals surface area contributed by atoms with Gasteiger partial charge in [-0.25, -0.2) is 0 Å². The maximum Gasteiger partial charge on any atom is -0.00151 e. The van der Waals surface area contributed by atoms with Crippen molar-refractivity contribution >= 4 is 0 Å². The van der Waals surface area contributed by atoms with Gasteiger partial charge in [0.2, 0.25) is 0 Å². The SMILES string of the molecule is CC1(C)CCCCC1(C)C1CCCNC1. The molecule has 1 nitrogen and oxygen atoms in total. The lowest BCUT2D eigenvalue weighted by molar-refractivity contribution is -0.0319. The van der Waals surface area contributed by atoms with Gasteiger partial charge in [0.05, 0.1) is 0 Å². The van der Waals surface area contributed by atoms with Crippen LogP contribution in [0.4, 0.5) is 0 Å². The molecule has 0 spiro atoms. The van der Waals surface area contributed by atoms with Crippen molar-refractivity contribution in [2.45, 2.75) is 59.3 Å². The van der Waals surface area contributed by atoms with Gasteiger partial charge in [-0.2, -0.15) is 0 Å². The average Bonchev–Trinajstić information content (AvgIpc) is 2.24. The van der Waals surface area contributed by atoms with Gasteiger partial charge in [0.25, 0.3) is 0 Å². The standard InChI is InChI=1S/C14H27N/c1-13(2)8-4-5-9-14(13,3)12-7-6-10-15-11-12/h12,15H,4-11H2,1-3H3. The summed E-state index contributed by atoms with van der Waals surface area (Å²) in [6, 6.07) is 0. The fourth-order valence-corrected chi connectivity index (χ4v) is 3.84. The fraction of sp³-hybridized carbons (Fsp3) is 1.00. The third kappa shape index (κ3) is 1.95. The molecule has 2 fully saturated rings. The Balaban J connectivity index is 2.14. The second kappa shape index (κ2) is 4.08. The Hall–Kier alpha value is -0.0400. The summed E-state index contributed by atoms with van der Waals surface area (Å²) in [5.41, 5.74) is 1.13. The topological polar surface area (TPSA) is 12.0 Å². The summed E-state index contributed by atoms with van der Waals surface area (Å²) in [6.07, 6.45) is 8.62. The van der Waals surface area contributed by atoms with E-state index in [4.69, 9.17) is 0 Å². The van der Waals surface area contributed by atoms with E-state index in [1.165, 1.54) is 51.6 Å². The van der Waals surface area contributed by atoms with Crippen LogP contribution in [-0.4, -0.2) is 13.1 Å². The first kappa shape index (κ1) is 11.4. The largest absolute Gasteiger partial charge is 0.316 e. The first-order chi connectivity index (χ1) is 7.06. The summed E-state index contributed by atoms with van der Waals surface area (Å²) in [4.78, 5) is 0. The molecule has 2 atom stereocenters. The monoisotopic (exact) mass is 209 g/mol. The lowest BCUT2D eigenvalue weighted by Crippen LogP contribution is -2.49. The molecule has 1 saturated heterocycles. The molecule has 0 bridgehead atoms. The van der Waals surface area contributed by atoms with Gasteiger partial charge in [-0.3, -0.25) is 0 Å². The van der Waals surface area contributed by atoms with Gasteiger partial charge in [-0.1, -0.05) is 33.6 Å². The molecule has 2 rings (SSSR count). The highest BCUT2D eigenvalue weighted by Gasteiger charge is 2.47. The number of hydrogen-bond acceptors (Lipinski definition) is 1. The van der Waals surface area contributed by atoms with Gasteiger partial charge >= 0.3 is 0 Å². The van der Waals surface area contributed by atoms with E-state index in [1.807, 2.05) is 0 Å². The molecule has 2 aliphatic rings. The molecule has 1 heterocycles. The molecule has 0 radical (unpaired) electrons. The van der Waals surface area contributed by atoms with E-state index < -0.39 is 0 Å². The van der Waals surface area contributed by atoms with Crippen LogP contribution in [0.25, 0.3) is 0 Å². The number of piperidine rings is 1. The summed E-state index contributed by atoms with van der Waals surface area (Å²) in [6.45, 7) is 10.1. The zero-order valence-corrected chi connectivity index (χ0v) is 10.7. The summed E-state index contributed by atoms with van der Waals surface area (Å²) in [5, 5.41) is 3.60. The maximum atomic E-state index is 3.60. The highest BCUT2D eigenvalue weighted by Crippen LogP contribution is 2.55. The van der Waals surface area contributed by atoms with Crippen LogP contribution in [0.15, 0.2) is 0 Å². The van der Waals surface area contributed by atoms with Gasteiger partial charge < -0.3 is 5.32 Å². The second-order valence-electron chi connectivity index (χ2n) is 6.55. The van der Waals surface area contributed by atoms with Crippen LogP contribution in [0.5, 0.6) is 0 Å². The lowest BCUT2D eigenvalue weighted by atomic mass is 9.52. The van der Waals surface area contributed by atoms with E-state index in [-0.39, 0.29) is 0 Å². The van der Waals surface area contributed by atoms with E-state index in [9.17, 15) is 0 Å². The molecule has 2 unspecified atom stereocenters. The normalized spacial score (nSPS) is 41.4. The van der Waals surface area contributed by atoms with E-state index in [2.05, 4.69) is 26.1 Å². The third-order valence-electron chi connectivity index (χ3n) is 5.49. The van der Waals surface area contributed by atoms with Gasteiger partial charge in [0.1, 0.15) is 0 Å². The molecule has 1 N–H and O–H groups in total. The van der Waals surface area contributed by atoms with Gasteiger partial charge in [0.15, 0.2) is 0 Å². The first-order valence-corrected chi connectivity index (χ1v) is 6.77. The van der Waals surface area contributed by atoms with Crippen LogP contribution in [-0.2, 0) is 0 Å². The molecule has 0 aromatic heterocycles. The van der Waals surface area contributed by atoms with Gasteiger partial charge in [-0.05, 0) is 55.5 Å². The van der Waals surface area contributed by atoms with Crippen LogP contribution in [0, 0.1) is 16.7 Å². The molecule has 15 heavy (non-hydrogen) atoms. The quantitative estimate of drug-likeness (QED) is 0.696. The molecule has 0 aromatic rings. The Morgan fingerprint density at radius 3 is 2.33 bits per heavy atom. The Morgan fingerprint density at radius 1 is 1.00 bits per heavy atom. The minimum Gasteiger partial charge on any atom is -0.316 e. The van der Waals surface area contributed by atoms with Crippen molar-refractivity contribution in [3.05, 3.63) is 0 Å².